The third-order valence-electron chi connectivity index (χ3n) is 12.8. The molecule has 16 heteroatoms. The van der Waals surface area contributed by atoms with Gasteiger partial charge in [0.25, 0.3) is 11.7 Å². The van der Waals surface area contributed by atoms with Gasteiger partial charge in [-0.2, -0.15) is 10.1 Å². The molecule has 6 aromatic rings. The number of anilines is 3. The molecule has 0 bridgehead atoms. The van der Waals surface area contributed by atoms with Gasteiger partial charge in [-0.05, 0) is 91.8 Å². The molecule has 64 heavy (non-hydrogen) atoms. The van der Waals surface area contributed by atoms with Crippen molar-refractivity contribution < 1.29 is 18.9 Å². The van der Waals surface area contributed by atoms with Crippen LogP contribution < -0.4 is 25.3 Å². The van der Waals surface area contributed by atoms with Crippen molar-refractivity contribution in [2.75, 3.05) is 67.1 Å². The van der Waals surface area contributed by atoms with Gasteiger partial charge in [0.15, 0.2) is 5.65 Å². The highest BCUT2D eigenvalue weighted by Gasteiger charge is 2.29. The maximum absolute atomic E-state index is 13.0. The third kappa shape index (κ3) is 9.04. The number of urea groups is 1. The van der Waals surface area contributed by atoms with Crippen LogP contribution in [-0.2, 0) is 10.2 Å². The predicted molar refractivity (Wildman–Crippen MR) is 249 cm³/mol. The minimum absolute atomic E-state index is 0.0212. The summed E-state index contributed by atoms with van der Waals surface area (Å²) in [5.74, 6) is 0.440. The topological polar surface area (TPSA) is 169 Å². The number of benzene rings is 3. The quantitative estimate of drug-likeness (QED) is 0.122. The second kappa shape index (κ2) is 17.7. The Morgan fingerprint density at radius 2 is 1.61 bits per heavy atom. The van der Waals surface area contributed by atoms with Gasteiger partial charge in [-0.1, -0.05) is 61.8 Å². The first-order chi connectivity index (χ1) is 30.8. The minimum Gasteiger partial charge on any atom is -0.371 e. The van der Waals surface area contributed by atoms with Crippen LogP contribution in [0.5, 0.6) is 0 Å². The number of fused-ring (bicyclic) bond motifs is 1. The van der Waals surface area contributed by atoms with E-state index >= 15 is 0 Å². The Morgan fingerprint density at radius 3 is 2.30 bits per heavy atom. The average Bonchev–Trinajstić information content (AvgIpc) is 3.96. The van der Waals surface area contributed by atoms with Gasteiger partial charge in [-0.15, -0.1) is 0 Å². The average molecular weight is 884 g/mol. The number of amides is 4. The number of pyridine rings is 1. The number of nitrogens with zero attached hydrogens (tertiary/aromatic N) is 8. The number of nitrogens with one attached hydrogen (secondary N) is 3. The van der Waals surface area contributed by atoms with Crippen molar-refractivity contribution in [3.05, 3.63) is 101 Å². The number of rotatable bonds is 10. The number of hydrogen-bond acceptors (Lipinski definition) is 11. The summed E-state index contributed by atoms with van der Waals surface area (Å²) in [6.07, 6.45) is 4.39. The van der Waals surface area contributed by atoms with Crippen molar-refractivity contribution in [1.29, 1.82) is 0 Å². The van der Waals surface area contributed by atoms with E-state index in [0.717, 1.165) is 109 Å². The van der Waals surface area contributed by atoms with Gasteiger partial charge in [0.2, 0.25) is 11.8 Å². The largest absolute Gasteiger partial charge is 0.371 e. The van der Waals surface area contributed by atoms with E-state index in [-0.39, 0.29) is 35.5 Å². The first-order valence-corrected chi connectivity index (χ1v) is 22.5. The van der Waals surface area contributed by atoms with Crippen LogP contribution >= 0.6 is 11.6 Å². The molecule has 9 rings (SSSR count). The Labute approximate surface area is 377 Å². The zero-order valence-electron chi connectivity index (χ0n) is 36.9. The number of imide groups is 1. The first kappa shape index (κ1) is 43.0. The molecule has 332 valence electrons. The molecular formula is C48H54ClN11O4. The van der Waals surface area contributed by atoms with E-state index in [2.05, 4.69) is 82.1 Å². The molecule has 6 heterocycles. The van der Waals surface area contributed by atoms with E-state index < -0.39 is 6.03 Å². The monoisotopic (exact) mass is 883 g/mol. The number of aromatic nitrogens is 5. The fourth-order valence-corrected chi connectivity index (χ4v) is 9.32. The lowest BCUT2D eigenvalue weighted by molar-refractivity contribution is -0.120. The zero-order valence-corrected chi connectivity index (χ0v) is 37.7. The number of carbonyl (C=O) groups excluding carboxylic acids is 3. The van der Waals surface area contributed by atoms with E-state index in [1.165, 1.54) is 10.6 Å². The Hall–Kier alpha value is -6.32. The van der Waals surface area contributed by atoms with Crippen molar-refractivity contribution in [3.63, 3.8) is 0 Å². The van der Waals surface area contributed by atoms with Crippen molar-refractivity contribution >= 4 is 57.5 Å². The zero-order chi connectivity index (χ0) is 44.7. The van der Waals surface area contributed by atoms with Crippen LogP contribution in [0.3, 0.4) is 0 Å². The summed E-state index contributed by atoms with van der Waals surface area (Å²) in [5, 5.41) is 18.5. The number of aryl methyl sites for hydroxylation is 1. The second-order valence-corrected chi connectivity index (χ2v) is 18.7. The Morgan fingerprint density at radius 1 is 0.891 bits per heavy atom. The maximum atomic E-state index is 13.0. The lowest BCUT2D eigenvalue weighted by Gasteiger charge is -2.40. The molecule has 0 aliphatic carbocycles. The molecule has 0 spiro atoms. The number of halogens is 1. The molecule has 3 aliphatic heterocycles. The smallest absolute Gasteiger partial charge is 0.328 e. The molecule has 0 unspecified atom stereocenters. The normalized spacial score (nSPS) is 17.2. The molecule has 3 N–H and O–H groups in total. The van der Waals surface area contributed by atoms with Crippen molar-refractivity contribution in [2.24, 2.45) is 5.92 Å². The van der Waals surface area contributed by atoms with Crippen molar-refractivity contribution in [1.82, 2.24) is 40.9 Å². The van der Waals surface area contributed by atoms with Gasteiger partial charge >= 0.3 is 6.03 Å². The highest BCUT2D eigenvalue weighted by atomic mass is 35.5. The number of aromatic amines is 1. The molecule has 3 aromatic heterocycles. The Balaban J connectivity index is 0.770. The summed E-state index contributed by atoms with van der Waals surface area (Å²) in [7, 11) is 0. The number of piperidine rings is 1. The molecule has 3 aliphatic rings. The van der Waals surface area contributed by atoms with Crippen LogP contribution in [0.1, 0.15) is 80.6 Å². The fourth-order valence-electron chi connectivity index (χ4n) is 9.05. The predicted octanol–water partition coefficient (Wildman–Crippen LogP) is 7.91. The molecule has 0 saturated carbocycles. The lowest BCUT2D eigenvalue weighted by Crippen LogP contribution is -2.49. The van der Waals surface area contributed by atoms with Crippen LogP contribution in [0.25, 0.3) is 33.4 Å². The van der Waals surface area contributed by atoms with Crippen molar-refractivity contribution in [2.45, 2.75) is 65.3 Å². The highest BCUT2D eigenvalue weighted by molar-refractivity contribution is 6.34. The summed E-state index contributed by atoms with van der Waals surface area (Å²) in [5.41, 5.74) is 9.17. The third-order valence-corrected chi connectivity index (χ3v) is 13.1. The summed E-state index contributed by atoms with van der Waals surface area (Å²) in [6.45, 7) is 17.2. The van der Waals surface area contributed by atoms with Crippen LogP contribution in [0.15, 0.2) is 77.4 Å². The molecule has 1 atom stereocenters. The van der Waals surface area contributed by atoms with Crippen molar-refractivity contribution in [3.8, 4) is 22.4 Å². The van der Waals surface area contributed by atoms with E-state index in [4.69, 9.17) is 21.1 Å². The molecule has 15 nitrogen and oxygen atoms in total. The Bertz CT molecular complexity index is 2690. The highest BCUT2D eigenvalue weighted by Crippen LogP contribution is 2.35. The molecule has 4 amide bonds. The van der Waals surface area contributed by atoms with Gasteiger partial charge in [0.05, 0.1) is 16.8 Å². The van der Waals surface area contributed by atoms with Crippen LogP contribution in [0, 0.1) is 12.8 Å². The Kier molecular flexibility index (Phi) is 11.9. The van der Waals surface area contributed by atoms with Gasteiger partial charge < -0.3 is 19.6 Å². The van der Waals surface area contributed by atoms with Gasteiger partial charge in [-0.25, -0.2) is 9.78 Å². The summed E-state index contributed by atoms with van der Waals surface area (Å²) in [6, 6.07) is 22.2. The van der Waals surface area contributed by atoms with Gasteiger partial charge in [0, 0.05) is 98.3 Å². The van der Waals surface area contributed by atoms with E-state index in [1.54, 1.807) is 0 Å². The fraction of sp³-hybridized carbons (Fsp3) is 0.396. The van der Waals surface area contributed by atoms with Gasteiger partial charge in [0.1, 0.15) is 5.69 Å². The van der Waals surface area contributed by atoms with Crippen LogP contribution in [0.2, 0.25) is 5.02 Å². The van der Waals surface area contributed by atoms with Gasteiger partial charge in [-0.3, -0.25) is 29.8 Å². The number of piperazine rings is 1. The summed E-state index contributed by atoms with van der Waals surface area (Å²) < 4.78 is 5.32. The number of carbonyl (C=O) groups is 3. The van der Waals surface area contributed by atoms with E-state index in [0.29, 0.717) is 29.1 Å². The van der Waals surface area contributed by atoms with Crippen LogP contribution in [-0.4, -0.2) is 100 Å². The second-order valence-electron chi connectivity index (χ2n) is 18.3. The molecule has 3 aromatic carbocycles. The molecular weight excluding hydrogens is 830 g/mol. The number of H-pyrrole nitrogens is 1. The maximum Gasteiger partial charge on any atom is 0.328 e. The van der Waals surface area contributed by atoms with E-state index in [1.807, 2.05) is 71.1 Å². The summed E-state index contributed by atoms with van der Waals surface area (Å²) >= 11 is 6.65. The first-order valence-electron chi connectivity index (χ1n) is 22.1. The molecule has 0 radical (unpaired) electrons. The standard InChI is InChI=1S/C48H54ClN11O4/c1-29-24-33(8-12-37(29)30(2)51-45(62)44-53-46(64-56-44)48(3,4)5)42-38-25-34(27-50-43(38)55-54-42)32-6-9-35(10-7-32)59-22-20-57(21-23-59)28-31-14-17-58(18-15-31)36-11-13-40(39(49)26-36)60-19-16-41(61)52-47(60)63/h6-13,24-27,30-31H,14-23,28H2,1-5H3,(H,51,62)(H,50,54,55)(H,52,61,63)/t30-/m1/s1. The molecule has 3 fully saturated rings. The molecule has 3 saturated heterocycles. The minimum atomic E-state index is -0.427. The number of hydrogen-bond donors (Lipinski definition) is 3. The van der Waals surface area contributed by atoms with E-state index in [9.17, 15) is 14.4 Å². The lowest BCUT2D eigenvalue weighted by atomic mass is 9.95. The SMILES string of the molecule is Cc1cc(-c2n[nH]c3ncc(-c4ccc(N5CCN(CC6CCN(c7ccc(N8CCC(=O)NC8=O)c(Cl)c7)CC6)CC5)cc4)cc23)ccc1[C@@H](C)NC(=O)c1noc(C(C)(C)C)n1. The van der Waals surface area contributed by atoms with Crippen LogP contribution in [0.4, 0.5) is 21.9 Å². The summed E-state index contributed by atoms with van der Waals surface area (Å²) in [4.78, 5) is 54.9.